The molecule has 1 N–H and O–H groups in total. The van der Waals surface area contributed by atoms with Crippen molar-refractivity contribution in [3.8, 4) is 17.2 Å². The van der Waals surface area contributed by atoms with Crippen LogP contribution in [-0.4, -0.2) is 38.3 Å². The van der Waals surface area contributed by atoms with Crippen LogP contribution in [0.15, 0.2) is 48.5 Å². The van der Waals surface area contributed by atoms with E-state index in [1.165, 1.54) is 13.0 Å². The SMILES string of the molecule is COc1cccc(NC(=O)[C@H](C)OC(=O)/C=C/c2ccc3c(c2)OCCCO3)c1. The molecule has 152 valence electrons. The lowest BCUT2D eigenvalue weighted by atomic mass is 10.2. The number of methoxy groups -OCH3 is 1. The first-order valence-electron chi connectivity index (χ1n) is 9.28. The number of carbonyl (C=O) groups excluding carboxylic acids is 2. The van der Waals surface area contributed by atoms with Crippen molar-refractivity contribution >= 4 is 23.6 Å². The van der Waals surface area contributed by atoms with Crippen molar-refractivity contribution in [1.82, 2.24) is 0 Å². The van der Waals surface area contributed by atoms with Crippen LogP contribution >= 0.6 is 0 Å². The van der Waals surface area contributed by atoms with Gasteiger partial charge in [-0.25, -0.2) is 4.79 Å². The zero-order chi connectivity index (χ0) is 20.6. The minimum Gasteiger partial charge on any atom is -0.497 e. The molecule has 7 nitrogen and oxygen atoms in total. The van der Waals surface area contributed by atoms with Gasteiger partial charge >= 0.3 is 5.97 Å². The van der Waals surface area contributed by atoms with Gasteiger partial charge in [0.15, 0.2) is 17.6 Å². The molecule has 0 fully saturated rings. The zero-order valence-electron chi connectivity index (χ0n) is 16.3. The lowest BCUT2D eigenvalue weighted by Crippen LogP contribution is -2.29. The van der Waals surface area contributed by atoms with Crippen LogP contribution < -0.4 is 19.5 Å². The fourth-order valence-corrected chi connectivity index (χ4v) is 2.66. The number of ether oxygens (including phenoxy) is 4. The zero-order valence-corrected chi connectivity index (χ0v) is 16.3. The molecule has 0 unspecified atom stereocenters. The van der Waals surface area contributed by atoms with Gasteiger partial charge in [-0.15, -0.1) is 0 Å². The van der Waals surface area contributed by atoms with Crippen LogP contribution in [0.25, 0.3) is 6.08 Å². The Bertz CT molecular complexity index is 908. The maximum atomic E-state index is 12.2. The maximum absolute atomic E-state index is 12.2. The molecule has 29 heavy (non-hydrogen) atoms. The maximum Gasteiger partial charge on any atom is 0.331 e. The third-order valence-corrected chi connectivity index (χ3v) is 4.18. The van der Waals surface area contributed by atoms with Gasteiger partial charge in [-0.05, 0) is 42.8 Å². The van der Waals surface area contributed by atoms with E-state index < -0.39 is 18.0 Å². The van der Waals surface area contributed by atoms with Crippen LogP contribution in [0.5, 0.6) is 17.2 Å². The van der Waals surface area contributed by atoms with E-state index in [0.29, 0.717) is 36.1 Å². The topological polar surface area (TPSA) is 83.1 Å². The molecule has 0 bridgehead atoms. The van der Waals surface area contributed by atoms with Crippen LogP contribution in [0.4, 0.5) is 5.69 Å². The molecular formula is C22H23NO6. The smallest absolute Gasteiger partial charge is 0.331 e. The van der Waals surface area contributed by atoms with E-state index in [9.17, 15) is 9.59 Å². The second-order valence-corrected chi connectivity index (χ2v) is 6.39. The number of hydrogen-bond acceptors (Lipinski definition) is 6. The summed E-state index contributed by atoms with van der Waals surface area (Å²) in [5.74, 6) is 0.889. The monoisotopic (exact) mass is 397 g/mol. The molecule has 0 saturated carbocycles. The number of hydrogen-bond donors (Lipinski definition) is 1. The molecule has 1 amide bonds. The van der Waals surface area contributed by atoms with E-state index in [2.05, 4.69) is 5.32 Å². The standard InChI is InChI=1S/C22H23NO6/c1-15(22(25)23-17-5-3-6-18(14-17)26-2)29-21(24)10-8-16-7-9-19-20(13-16)28-12-4-11-27-19/h3,5-10,13-15H,4,11-12H2,1-2H3,(H,23,25)/b10-8+/t15-/m0/s1. The fourth-order valence-electron chi connectivity index (χ4n) is 2.66. The number of rotatable bonds is 6. The molecule has 1 aliphatic heterocycles. The molecule has 2 aromatic rings. The third-order valence-electron chi connectivity index (χ3n) is 4.18. The molecule has 0 spiro atoms. The van der Waals surface area contributed by atoms with Gasteiger partial charge in [0.05, 0.1) is 20.3 Å². The number of benzene rings is 2. The predicted molar refractivity (Wildman–Crippen MR) is 108 cm³/mol. The van der Waals surface area contributed by atoms with E-state index >= 15 is 0 Å². The minimum atomic E-state index is -0.956. The predicted octanol–water partition coefficient (Wildman–Crippen LogP) is 3.44. The van der Waals surface area contributed by atoms with Gasteiger partial charge in [-0.3, -0.25) is 4.79 Å². The highest BCUT2D eigenvalue weighted by Crippen LogP contribution is 2.30. The van der Waals surface area contributed by atoms with Crippen molar-refractivity contribution in [1.29, 1.82) is 0 Å². The highest BCUT2D eigenvalue weighted by atomic mass is 16.5. The first-order chi connectivity index (χ1) is 14.0. The van der Waals surface area contributed by atoms with Gasteiger partial charge in [0.2, 0.25) is 0 Å². The summed E-state index contributed by atoms with van der Waals surface area (Å²) in [4.78, 5) is 24.3. The van der Waals surface area contributed by atoms with Crippen molar-refractivity contribution in [2.24, 2.45) is 0 Å². The highest BCUT2D eigenvalue weighted by Gasteiger charge is 2.17. The molecule has 0 aromatic heterocycles. The molecule has 7 heteroatoms. The lowest BCUT2D eigenvalue weighted by Gasteiger charge is -2.13. The molecule has 3 rings (SSSR count). The number of fused-ring (bicyclic) bond motifs is 1. The average Bonchev–Trinajstić information content (AvgIpc) is 2.97. The van der Waals surface area contributed by atoms with Crippen LogP contribution in [0.1, 0.15) is 18.9 Å². The summed E-state index contributed by atoms with van der Waals surface area (Å²) in [7, 11) is 1.54. The summed E-state index contributed by atoms with van der Waals surface area (Å²) in [6, 6.07) is 12.3. The van der Waals surface area contributed by atoms with Crippen molar-refractivity contribution in [3.63, 3.8) is 0 Å². The Hall–Kier alpha value is -3.48. The summed E-state index contributed by atoms with van der Waals surface area (Å²) in [5, 5.41) is 2.68. The van der Waals surface area contributed by atoms with Crippen LogP contribution in [0.2, 0.25) is 0 Å². The third kappa shape index (κ3) is 5.75. The molecule has 1 heterocycles. The number of carbonyl (C=O) groups is 2. The van der Waals surface area contributed by atoms with E-state index in [4.69, 9.17) is 18.9 Å². The Labute approximate surface area is 169 Å². The van der Waals surface area contributed by atoms with Gasteiger partial charge in [0, 0.05) is 24.3 Å². The van der Waals surface area contributed by atoms with Crippen LogP contribution in [0, 0.1) is 0 Å². The largest absolute Gasteiger partial charge is 0.497 e. The lowest BCUT2D eigenvalue weighted by molar-refractivity contribution is -0.148. The molecule has 0 saturated heterocycles. The summed E-state index contributed by atoms with van der Waals surface area (Å²) in [5.41, 5.74) is 1.32. The Kier molecular flexibility index (Phi) is 6.73. The van der Waals surface area contributed by atoms with E-state index in [-0.39, 0.29) is 0 Å². The molecule has 0 radical (unpaired) electrons. The molecule has 1 aliphatic rings. The average molecular weight is 397 g/mol. The van der Waals surface area contributed by atoms with Gasteiger partial charge < -0.3 is 24.3 Å². The molecule has 1 atom stereocenters. The van der Waals surface area contributed by atoms with Crippen LogP contribution in [0.3, 0.4) is 0 Å². The van der Waals surface area contributed by atoms with Crippen molar-refractivity contribution in [2.75, 3.05) is 25.6 Å². The Morgan fingerprint density at radius 3 is 2.69 bits per heavy atom. The molecule has 0 aliphatic carbocycles. The van der Waals surface area contributed by atoms with Gasteiger partial charge in [0.1, 0.15) is 5.75 Å². The van der Waals surface area contributed by atoms with Gasteiger partial charge in [-0.1, -0.05) is 12.1 Å². The molecule has 2 aromatic carbocycles. The Morgan fingerprint density at radius 2 is 1.90 bits per heavy atom. The van der Waals surface area contributed by atoms with E-state index in [1.54, 1.807) is 49.6 Å². The normalized spacial score (nSPS) is 14.0. The summed E-state index contributed by atoms with van der Waals surface area (Å²) in [6.07, 6.45) is 2.74. The number of nitrogens with one attached hydrogen (secondary N) is 1. The Morgan fingerprint density at radius 1 is 1.10 bits per heavy atom. The number of amides is 1. The fraction of sp³-hybridized carbons (Fsp3) is 0.273. The quantitative estimate of drug-likeness (QED) is 0.594. The highest BCUT2D eigenvalue weighted by molar-refractivity contribution is 5.96. The first-order valence-corrected chi connectivity index (χ1v) is 9.28. The van der Waals surface area contributed by atoms with Gasteiger partial charge in [0.25, 0.3) is 5.91 Å². The molecular weight excluding hydrogens is 374 g/mol. The van der Waals surface area contributed by atoms with Gasteiger partial charge in [-0.2, -0.15) is 0 Å². The second kappa shape index (κ2) is 9.64. The Balaban J connectivity index is 1.55. The van der Waals surface area contributed by atoms with Crippen molar-refractivity contribution in [3.05, 3.63) is 54.1 Å². The first kappa shape index (κ1) is 20.3. The number of esters is 1. The minimum absolute atomic E-state index is 0.435. The van der Waals surface area contributed by atoms with E-state index in [1.807, 2.05) is 6.07 Å². The summed E-state index contributed by atoms with van der Waals surface area (Å²) < 4.78 is 21.5. The second-order valence-electron chi connectivity index (χ2n) is 6.39. The van der Waals surface area contributed by atoms with Crippen molar-refractivity contribution in [2.45, 2.75) is 19.4 Å². The number of anilines is 1. The van der Waals surface area contributed by atoms with E-state index in [0.717, 1.165) is 12.0 Å². The van der Waals surface area contributed by atoms with Crippen LogP contribution in [-0.2, 0) is 14.3 Å². The van der Waals surface area contributed by atoms with Crippen molar-refractivity contribution < 1.29 is 28.5 Å². The summed E-state index contributed by atoms with van der Waals surface area (Å²) in [6.45, 7) is 2.71. The summed E-state index contributed by atoms with van der Waals surface area (Å²) >= 11 is 0.